The fraction of sp³-hybridized carbons (Fsp3) is 0.778. The molecule has 0 unspecified atom stereocenters. The maximum Gasteiger partial charge on any atom is 0.320 e. The number of nitrogens with two attached hydrogens (primary N) is 2. The Morgan fingerprint density at radius 3 is 2.20 bits per heavy atom. The Morgan fingerprint density at radius 2 is 1.87 bits per heavy atom. The number of rotatable bonds is 5. The van der Waals surface area contributed by atoms with Crippen LogP contribution in [0.2, 0.25) is 0 Å². The van der Waals surface area contributed by atoms with Crippen molar-refractivity contribution in [1.82, 2.24) is 5.32 Å². The molecule has 0 aromatic rings. The van der Waals surface area contributed by atoms with Gasteiger partial charge < -0.3 is 21.9 Å². The molecule has 90 valence electrons. The molecule has 0 fully saturated rings. The Bertz CT molecular complexity index is 185. The minimum absolute atomic E-state index is 0.158. The van der Waals surface area contributed by atoms with Crippen molar-refractivity contribution >= 4 is 11.9 Å². The molecule has 0 heterocycles. The molecule has 0 aromatic carbocycles. The van der Waals surface area contributed by atoms with Gasteiger partial charge in [0, 0.05) is 13.0 Å². The number of aliphatic carboxylic acids is 1. The molecular weight excluding hydrogens is 198 g/mol. The molecule has 15 heavy (non-hydrogen) atoms. The largest absolute Gasteiger partial charge is 0.480 e. The molecule has 1 amide bonds. The molecule has 6 nitrogen and oxygen atoms in total. The van der Waals surface area contributed by atoms with Crippen molar-refractivity contribution in [3.63, 3.8) is 0 Å². The number of carboxylic acid groups (broad SMARTS) is 1. The second-order valence-electron chi connectivity index (χ2n) is 2.85. The molecule has 6 heteroatoms. The summed E-state index contributed by atoms with van der Waals surface area (Å²) in [7, 11) is 0. The fourth-order valence-electron chi connectivity index (χ4n) is 0.696. The first-order valence-electron chi connectivity index (χ1n) is 4.94. The van der Waals surface area contributed by atoms with Gasteiger partial charge in [-0.3, -0.25) is 9.59 Å². The molecule has 0 saturated heterocycles. The summed E-state index contributed by atoms with van der Waals surface area (Å²) in [6.07, 6.45) is 0.350. The summed E-state index contributed by atoms with van der Waals surface area (Å²) < 4.78 is 0. The zero-order valence-electron chi connectivity index (χ0n) is 9.32. The van der Waals surface area contributed by atoms with Crippen LogP contribution in [0.4, 0.5) is 0 Å². The number of amides is 1. The molecule has 0 aliphatic heterocycles. The minimum Gasteiger partial charge on any atom is -0.480 e. The highest BCUT2D eigenvalue weighted by molar-refractivity contribution is 5.78. The van der Waals surface area contributed by atoms with Crippen LogP contribution in [0.3, 0.4) is 0 Å². The molecule has 0 bridgehead atoms. The summed E-state index contributed by atoms with van der Waals surface area (Å²) in [6.45, 7) is 5.01. The third kappa shape index (κ3) is 12.9. The normalized spacial score (nSPS) is 10.9. The van der Waals surface area contributed by atoms with Gasteiger partial charge in [-0.2, -0.15) is 0 Å². The predicted molar refractivity (Wildman–Crippen MR) is 58.3 cm³/mol. The zero-order chi connectivity index (χ0) is 12.3. The van der Waals surface area contributed by atoms with Crippen molar-refractivity contribution < 1.29 is 14.7 Å². The van der Waals surface area contributed by atoms with Crippen LogP contribution < -0.4 is 16.8 Å². The van der Waals surface area contributed by atoms with Crippen LogP contribution in [0, 0.1) is 0 Å². The number of hydrogen-bond donors (Lipinski definition) is 4. The molecule has 0 aromatic heterocycles. The maximum absolute atomic E-state index is 10.8. The highest BCUT2D eigenvalue weighted by Crippen LogP contribution is 1.93. The van der Waals surface area contributed by atoms with E-state index in [9.17, 15) is 9.59 Å². The lowest BCUT2D eigenvalue weighted by Crippen LogP contribution is -2.32. The SMILES string of the molecule is CCN.CCNC(=O)CC[C@H](N)C(=O)O. The highest BCUT2D eigenvalue weighted by atomic mass is 16.4. The highest BCUT2D eigenvalue weighted by Gasteiger charge is 2.12. The quantitative estimate of drug-likeness (QED) is 0.486. The van der Waals surface area contributed by atoms with E-state index in [2.05, 4.69) is 5.32 Å². The molecule has 0 aliphatic rings. The number of carboxylic acids is 1. The molecule has 0 saturated carbocycles. The van der Waals surface area contributed by atoms with Gasteiger partial charge in [0.05, 0.1) is 0 Å². The second kappa shape index (κ2) is 10.9. The van der Waals surface area contributed by atoms with Gasteiger partial charge in [0.25, 0.3) is 0 Å². The van der Waals surface area contributed by atoms with E-state index in [0.717, 1.165) is 6.54 Å². The number of carbonyl (C=O) groups excluding carboxylic acids is 1. The van der Waals surface area contributed by atoms with Crippen LogP contribution in [-0.2, 0) is 9.59 Å². The van der Waals surface area contributed by atoms with E-state index in [1.165, 1.54) is 0 Å². The summed E-state index contributed by atoms with van der Waals surface area (Å²) in [5.74, 6) is -1.23. The van der Waals surface area contributed by atoms with Gasteiger partial charge >= 0.3 is 5.97 Å². The molecule has 0 spiro atoms. The average molecular weight is 219 g/mol. The molecule has 0 aliphatic carbocycles. The molecule has 0 radical (unpaired) electrons. The standard InChI is InChI=1S/C7H14N2O3.C2H7N/c1-2-9-6(10)4-3-5(8)7(11)12;1-2-3/h5H,2-4,8H2,1H3,(H,9,10)(H,11,12);2-3H2,1H3/t5-;/m0./s1. The van der Waals surface area contributed by atoms with Crippen molar-refractivity contribution in [3.8, 4) is 0 Å². The van der Waals surface area contributed by atoms with Gasteiger partial charge in [0.1, 0.15) is 6.04 Å². The Kier molecular flexibility index (Phi) is 11.9. The lowest BCUT2D eigenvalue weighted by atomic mass is 10.1. The van der Waals surface area contributed by atoms with Gasteiger partial charge in [-0.25, -0.2) is 0 Å². The number of hydrogen-bond acceptors (Lipinski definition) is 4. The Hall–Kier alpha value is -1.14. The molecule has 0 rings (SSSR count). The topological polar surface area (TPSA) is 118 Å². The van der Waals surface area contributed by atoms with E-state index in [-0.39, 0.29) is 18.7 Å². The van der Waals surface area contributed by atoms with Crippen LogP contribution in [0.5, 0.6) is 0 Å². The van der Waals surface area contributed by atoms with Gasteiger partial charge in [0.2, 0.25) is 5.91 Å². The summed E-state index contributed by atoms with van der Waals surface area (Å²) >= 11 is 0. The van der Waals surface area contributed by atoms with Gasteiger partial charge in [-0.1, -0.05) is 6.92 Å². The summed E-state index contributed by atoms with van der Waals surface area (Å²) in [4.78, 5) is 21.0. The average Bonchev–Trinajstić information content (AvgIpc) is 2.15. The van der Waals surface area contributed by atoms with Crippen LogP contribution in [-0.4, -0.2) is 36.1 Å². The van der Waals surface area contributed by atoms with Crippen LogP contribution in [0.1, 0.15) is 26.7 Å². The first-order chi connectivity index (χ1) is 6.99. The minimum atomic E-state index is -1.07. The molecular formula is C9H21N3O3. The van der Waals surface area contributed by atoms with Crippen LogP contribution in [0.15, 0.2) is 0 Å². The van der Waals surface area contributed by atoms with Crippen LogP contribution in [0.25, 0.3) is 0 Å². The van der Waals surface area contributed by atoms with E-state index in [1.54, 1.807) is 6.92 Å². The Balaban J connectivity index is 0. The lowest BCUT2D eigenvalue weighted by Gasteiger charge is -2.05. The van der Waals surface area contributed by atoms with Gasteiger partial charge in [-0.15, -0.1) is 0 Å². The van der Waals surface area contributed by atoms with E-state index in [0.29, 0.717) is 6.54 Å². The van der Waals surface area contributed by atoms with Crippen molar-refractivity contribution in [2.75, 3.05) is 13.1 Å². The summed E-state index contributed by atoms with van der Waals surface area (Å²) in [5.41, 5.74) is 10.0. The first-order valence-corrected chi connectivity index (χ1v) is 4.94. The Labute approximate surface area is 90.0 Å². The second-order valence-corrected chi connectivity index (χ2v) is 2.85. The maximum atomic E-state index is 10.8. The fourth-order valence-corrected chi connectivity index (χ4v) is 0.696. The molecule has 1 atom stereocenters. The van der Waals surface area contributed by atoms with Crippen molar-refractivity contribution in [2.45, 2.75) is 32.7 Å². The number of nitrogens with one attached hydrogen (secondary N) is 1. The smallest absolute Gasteiger partial charge is 0.320 e. The first kappa shape index (κ1) is 16.3. The third-order valence-corrected chi connectivity index (χ3v) is 1.37. The summed E-state index contributed by atoms with van der Waals surface area (Å²) in [6, 6.07) is -0.937. The number of carbonyl (C=O) groups is 2. The third-order valence-electron chi connectivity index (χ3n) is 1.37. The van der Waals surface area contributed by atoms with Crippen LogP contribution >= 0.6 is 0 Å². The van der Waals surface area contributed by atoms with Crippen molar-refractivity contribution in [2.24, 2.45) is 11.5 Å². The summed E-state index contributed by atoms with van der Waals surface area (Å²) in [5, 5.41) is 10.9. The van der Waals surface area contributed by atoms with E-state index >= 15 is 0 Å². The lowest BCUT2D eigenvalue weighted by molar-refractivity contribution is -0.138. The van der Waals surface area contributed by atoms with Crippen molar-refractivity contribution in [1.29, 1.82) is 0 Å². The zero-order valence-corrected chi connectivity index (χ0v) is 9.32. The van der Waals surface area contributed by atoms with Crippen molar-refractivity contribution in [3.05, 3.63) is 0 Å². The van der Waals surface area contributed by atoms with E-state index in [4.69, 9.17) is 16.6 Å². The van der Waals surface area contributed by atoms with Gasteiger partial charge in [0.15, 0.2) is 0 Å². The van der Waals surface area contributed by atoms with Gasteiger partial charge in [-0.05, 0) is 19.9 Å². The Morgan fingerprint density at radius 1 is 1.40 bits per heavy atom. The predicted octanol–water partition coefficient (Wildman–Crippen LogP) is -0.720. The monoisotopic (exact) mass is 219 g/mol. The van der Waals surface area contributed by atoms with E-state index < -0.39 is 12.0 Å². The van der Waals surface area contributed by atoms with E-state index in [1.807, 2.05) is 6.92 Å². The molecule has 6 N–H and O–H groups in total.